The van der Waals surface area contributed by atoms with Gasteiger partial charge in [-0.25, -0.2) is 9.18 Å². The van der Waals surface area contributed by atoms with Crippen LogP contribution in [0.4, 0.5) is 9.18 Å². The number of benzene rings is 1. The summed E-state index contributed by atoms with van der Waals surface area (Å²) in [6, 6.07) is 3.70. The molecule has 1 saturated heterocycles. The molecule has 1 aromatic carbocycles. The summed E-state index contributed by atoms with van der Waals surface area (Å²) in [6.45, 7) is 6.40. The van der Waals surface area contributed by atoms with Gasteiger partial charge in [-0.1, -0.05) is 57.7 Å². The SMILES string of the molecule is CC(C)(C)C1[C@@H](N(C(=O)c2cccc(F)c2Cl)C2CCCCC2)CCN1C(=O)O. The number of hydrogen-bond acceptors (Lipinski definition) is 2. The molecule has 1 aromatic rings. The number of amides is 2. The zero-order valence-corrected chi connectivity index (χ0v) is 18.1. The quantitative estimate of drug-likeness (QED) is 0.704. The van der Waals surface area contributed by atoms with Crippen LogP contribution >= 0.6 is 11.6 Å². The van der Waals surface area contributed by atoms with Crippen LogP contribution in [0.25, 0.3) is 0 Å². The number of nitrogens with zero attached hydrogens (tertiary/aromatic N) is 2. The molecule has 1 unspecified atom stereocenters. The molecule has 0 radical (unpaired) electrons. The Labute approximate surface area is 176 Å². The lowest BCUT2D eigenvalue weighted by Gasteiger charge is -2.45. The monoisotopic (exact) mass is 424 g/mol. The van der Waals surface area contributed by atoms with Crippen LogP contribution in [0.2, 0.25) is 5.02 Å². The van der Waals surface area contributed by atoms with Gasteiger partial charge >= 0.3 is 6.09 Å². The second-order valence-corrected chi connectivity index (χ2v) is 9.63. The van der Waals surface area contributed by atoms with Gasteiger partial charge in [0.15, 0.2) is 0 Å². The number of carbonyl (C=O) groups excluding carboxylic acids is 1. The summed E-state index contributed by atoms with van der Waals surface area (Å²) < 4.78 is 14.1. The molecular formula is C22H30ClFN2O3. The van der Waals surface area contributed by atoms with Crippen LogP contribution in [0.1, 0.15) is 69.7 Å². The van der Waals surface area contributed by atoms with Crippen molar-refractivity contribution in [1.29, 1.82) is 0 Å². The average Bonchev–Trinajstić information content (AvgIpc) is 3.10. The first-order chi connectivity index (χ1) is 13.6. The third-order valence-corrected chi connectivity index (χ3v) is 6.63. The van der Waals surface area contributed by atoms with E-state index < -0.39 is 11.9 Å². The first kappa shape index (κ1) is 21.9. The van der Waals surface area contributed by atoms with Gasteiger partial charge < -0.3 is 14.9 Å². The fourth-order valence-corrected chi connectivity index (χ4v) is 5.29. The van der Waals surface area contributed by atoms with Crippen molar-refractivity contribution in [2.45, 2.75) is 77.4 Å². The first-order valence-corrected chi connectivity index (χ1v) is 10.8. The first-order valence-electron chi connectivity index (χ1n) is 10.4. The van der Waals surface area contributed by atoms with Crippen molar-refractivity contribution in [2.75, 3.05) is 6.54 Å². The maximum absolute atomic E-state index is 14.1. The smallest absolute Gasteiger partial charge is 0.407 e. The van der Waals surface area contributed by atoms with Gasteiger partial charge in [0.25, 0.3) is 5.91 Å². The van der Waals surface area contributed by atoms with Gasteiger partial charge in [0.2, 0.25) is 0 Å². The lowest BCUT2D eigenvalue weighted by atomic mass is 9.80. The standard InChI is InChI=1S/C22H30ClFN2O3/c1-22(2,3)19-17(12-13-25(19)21(28)29)26(14-8-5-4-6-9-14)20(27)15-10-7-11-16(24)18(15)23/h7,10-11,14,17,19H,4-6,8-9,12-13H2,1-3H3,(H,28,29)/t17-,19?/m0/s1. The van der Waals surface area contributed by atoms with E-state index in [9.17, 15) is 19.1 Å². The van der Waals surface area contributed by atoms with Crippen molar-refractivity contribution in [3.8, 4) is 0 Å². The lowest BCUT2D eigenvalue weighted by Crippen LogP contribution is -2.57. The van der Waals surface area contributed by atoms with Crippen LogP contribution in [-0.4, -0.2) is 51.6 Å². The van der Waals surface area contributed by atoms with Crippen LogP contribution < -0.4 is 0 Å². The molecule has 5 nitrogen and oxygen atoms in total. The number of rotatable bonds is 3. The van der Waals surface area contributed by atoms with Gasteiger partial charge in [0.1, 0.15) is 5.82 Å². The normalized spacial score (nSPS) is 23.3. The maximum Gasteiger partial charge on any atom is 0.407 e. The van der Waals surface area contributed by atoms with Gasteiger partial charge in [0, 0.05) is 12.6 Å². The topological polar surface area (TPSA) is 60.9 Å². The molecule has 7 heteroatoms. The Morgan fingerprint density at radius 1 is 1.17 bits per heavy atom. The highest BCUT2D eigenvalue weighted by Gasteiger charge is 2.49. The Bertz CT molecular complexity index is 774. The molecule has 0 aromatic heterocycles. The lowest BCUT2D eigenvalue weighted by molar-refractivity contribution is 0.0275. The minimum atomic E-state index is -0.966. The maximum atomic E-state index is 14.1. The van der Waals surface area contributed by atoms with E-state index in [0.29, 0.717) is 13.0 Å². The Kier molecular flexibility index (Phi) is 6.42. The minimum Gasteiger partial charge on any atom is -0.465 e. The third-order valence-electron chi connectivity index (χ3n) is 6.24. The Balaban J connectivity index is 2.04. The zero-order chi connectivity index (χ0) is 21.3. The summed E-state index contributed by atoms with van der Waals surface area (Å²) in [7, 11) is 0. The molecule has 2 fully saturated rings. The average molecular weight is 425 g/mol. The van der Waals surface area contributed by atoms with E-state index in [0.717, 1.165) is 32.1 Å². The molecule has 3 rings (SSSR count). The van der Waals surface area contributed by atoms with E-state index in [1.54, 1.807) is 6.07 Å². The Morgan fingerprint density at radius 3 is 2.41 bits per heavy atom. The predicted octanol–water partition coefficient (Wildman–Crippen LogP) is 5.42. The van der Waals surface area contributed by atoms with Gasteiger partial charge in [-0.05, 0) is 36.8 Å². The second kappa shape index (κ2) is 8.50. The fraction of sp³-hybridized carbons (Fsp3) is 0.636. The molecule has 160 valence electrons. The van der Waals surface area contributed by atoms with Crippen molar-refractivity contribution in [3.05, 3.63) is 34.6 Å². The molecule has 1 saturated carbocycles. The van der Waals surface area contributed by atoms with Crippen molar-refractivity contribution >= 4 is 23.6 Å². The summed E-state index contributed by atoms with van der Waals surface area (Å²) >= 11 is 6.16. The predicted molar refractivity (Wildman–Crippen MR) is 111 cm³/mol. The van der Waals surface area contributed by atoms with Crippen molar-refractivity contribution in [2.24, 2.45) is 5.41 Å². The van der Waals surface area contributed by atoms with E-state index in [-0.39, 0.29) is 40.0 Å². The summed E-state index contributed by atoms with van der Waals surface area (Å²) in [4.78, 5) is 28.9. The molecule has 2 amide bonds. The summed E-state index contributed by atoms with van der Waals surface area (Å²) in [5.74, 6) is -0.917. The van der Waals surface area contributed by atoms with E-state index in [1.807, 2.05) is 25.7 Å². The molecule has 1 aliphatic heterocycles. The fourth-order valence-electron chi connectivity index (χ4n) is 5.08. The zero-order valence-electron chi connectivity index (χ0n) is 17.3. The van der Waals surface area contributed by atoms with Crippen molar-refractivity contribution in [1.82, 2.24) is 9.80 Å². The van der Waals surface area contributed by atoms with Crippen LogP contribution in [-0.2, 0) is 0 Å². The van der Waals surface area contributed by atoms with Crippen LogP contribution in [0.5, 0.6) is 0 Å². The second-order valence-electron chi connectivity index (χ2n) is 9.25. The molecule has 0 bridgehead atoms. The van der Waals surface area contributed by atoms with Gasteiger partial charge in [-0.2, -0.15) is 0 Å². The molecule has 2 atom stereocenters. The highest BCUT2D eigenvalue weighted by atomic mass is 35.5. The molecule has 1 aliphatic carbocycles. The van der Waals surface area contributed by atoms with Gasteiger partial charge in [-0.3, -0.25) is 4.79 Å². The Morgan fingerprint density at radius 2 is 1.83 bits per heavy atom. The van der Waals surface area contributed by atoms with E-state index in [2.05, 4.69) is 0 Å². The van der Waals surface area contributed by atoms with Crippen molar-refractivity contribution in [3.63, 3.8) is 0 Å². The van der Waals surface area contributed by atoms with E-state index in [4.69, 9.17) is 11.6 Å². The molecule has 1 N–H and O–H groups in total. The van der Waals surface area contributed by atoms with E-state index >= 15 is 0 Å². The highest BCUT2D eigenvalue weighted by molar-refractivity contribution is 6.34. The number of halogens is 2. The van der Waals surface area contributed by atoms with Gasteiger partial charge in [0.05, 0.1) is 22.7 Å². The highest BCUT2D eigenvalue weighted by Crippen LogP contribution is 2.39. The van der Waals surface area contributed by atoms with E-state index in [1.165, 1.54) is 17.0 Å². The molecule has 2 aliphatic rings. The molecular weight excluding hydrogens is 395 g/mol. The third kappa shape index (κ3) is 4.37. The number of likely N-dealkylation sites (tertiary alicyclic amines) is 1. The van der Waals surface area contributed by atoms with Crippen LogP contribution in [0.15, 0.2) is 18.2 Å². The minimum absolute atomic E-state index is 0.0131. The largest absolute Gasteiger partial charge is 0.465 e. The van der Waals surface area contributed by atoms with Crippen LogP contribution in [0.3, 0.4) is 0 Å². The molecule has 0 spiro atoms. The molecule has 29 heavy (non-hydrogen) atoms. The van der Waals surface area contributed by atoms with Crippen LogP contribution in [0, 0.1) is 11.2 Å². The number of hydrogen-bond donors (Lipinski definition) is 1. The summed E-state index contributed by atoms with van der Waals surface area (Å²) in [6.07, 6.45) is 4.55. The van der Waals surface area contributed by atoms with Crippen molar-refractivity contribution < 1.29 is 19.1 Å². The summed E-state index contributed by atoms with van der Waals surface area (Å²) in [5.41, 5.74) is -0.197. The summed E-state index contributed by atoms with van der Waals surface area (Å²) in [5, 5.41) is 9.58. The van der Waals surface area contributed by atoms with Gasteiger partial charge in [-0.15, -0.1) is 0 Å². The molecule has 1 heterocycles. The number of carboxylic acid groups (broad SMARTS) is 1. The Hall–Kier alpha value is -1.82. The number of carbonyl (C=O) groups is 2.